The molecule has 1 aliphatic heterocycles. The number of nitrogens with one attached hydrogen (secondary N) is 1. The van der Waals surface area contributed by atoms with Gasteiger partial charge in [-0.1, -0.05) is 12.5 Å². The molecule has 202 valence electrons. The fourth-order valence-electron chi connectivity index (χ4n) is 5.20. The Bertz CT molecular complexity index is 1510. The van der Waals surface area contributed by atoms with Crippen molar-refractivity contribution in [1.82, 2.24) is 14.9 Å². The molecule has 2 aromatic heterocycles. The van der Waals surface area contributed by atoms with Gasteiger partial charge >= 0.3 is 5.76 Å². The number of aromatic nitrogens is 2. The second-order valence-corrected chi connectivity index (χ2v) is 11.7. The molecule has 3 heterocycles. The SMILES string of the molecule is CN(C)CCCOc1ncc(-c2ccc3ncc4c(c3c2)C2(CCC2)C(=O)N4C)cc1NS(=O)(=O)C(F)F. The molecule has 0 bridgehead atoms. The van der Waals surface area contributed by atoms with Crippen molar-refractivity contribution in [1.29, 1.82) is 0 Å². The van der Waals surface area contributed by atoms with Crippen molar-refractivity contribution >= 4 is 38.2 Å². The highest BCUT2D eigenvalue weighted by Gasteiger charge is 2.54. The Balaban J connectivity index is 1.56. The number of carbonyl (C=O) groups is 1. The minimum Gasteiger partial charge on any atom is -0.476 e. The van der Waals surface area contributed by atoms with Crippen molar-refractivity contribution in [2.24, 2.45) is 0 Å². The summed E-state index contributed by atoms with van der Waals surface area (Å²) in [4.78, 5) is 25.6. The summed E-state index contributed by atoms with van der Waals surface area (Å²) in [5.41, 5.74) is 2.92. The Hall–Kier alpha value is -3.38. The zero-order chi connectivity index (χ0) is 27.2. The summed E-state index contributed by atoms with van der Waals surface area (Å²) in [5, 5.41) is 0.830. The van der Waals surface area contributed by atoms with Crippen LogP contribution in [0.5, 0.6) is 5.88 Å². The maximum absolute atomic E-state index is 13.2. The molecule has 1 aromatic carbocycles. The van der Waals surface area contributed by atoms with Crippen molar-refractivity contribution in [3.8, 4) is 17.0 Å². The molecule has 9 nitrogen and oxygen atoms in total. The number of ether oxygens (including phenoxy) is 1. The molecule has 0 unspecified atom stereocenters. The molecule has 0 atom stereocenters. The largest absolute Gasteiger partial charge is 0.476 e. The number of carbonyl (C=O) groups excluding carboxylic acids is 1. The van der Waals surface area contributed by atoms with Gasteiger partial charge in [0.2, 0.25) is 11.8 Å². The predicted molar refractivity (Wildman–Crippen MR) is 141 cm³/mol. The molecule has 1 N–H and O–H groups in total. The number of benzene rings is 1. The molecule has 1 saturated carbocycles. The highest BCUT2D eigenvalue weighted by atomic mass is 32.2. The zero-order valence-corrected chi connectivity index (χ0v) is 22.2. The maximum Gasteiger partial charge on any atom is 0.355 e. The number of pyridine rings is 2. The average molecular weight is 546 g/mol. The number of halogens is 2. The van der Waals surface area contributed by atoms with Crippen molar-refractivity contribution in [3.63, 3.8) is 0 Å². The summed E-state index contributed by atoms with van der Waals surface area (Å²) in [6, 6.07) is 6.96. The third-order valence-electron chi connectivity index (χ3n) is 7.27. The van der Waals surface area contributed by atoms with Gasteiger partial charge in [-0.15, -0.1) is 0 Å². The molecular formula is C26H29F2N5O4S. The number of hydrogen-bond donors (Lipinski definition) is 1. The molecular weight excluding hydrogens is 516 g/mol. The van der Waals surface area contributed by atoms with Crippen LogP contribution in [0.3, 0.4) is 0 Å². The van der Waals surface area contributed by atoms with Gasteiger partial charge in [0.25, 0.3) is 10.0 Å². The van der Waals surface area contributed by atoms with Crippen LogP contribution in [0, 0.1) is 0 Å². The van der Waals surface area contributed by atoms with Crippen molar-refractivity contribution in [2.75, 3.05) is 43.9 Å². The first-order valence-corrected chi connectivity index (χ1v) is 13.9. The van der Waals surface area contributed by atoms with Gasteiger partial charge in [0.05, 0.1) is 29.4 Å². The normalized spacial score (nSPS) is 16.4. The number of likely N-dealkylation sites (N-methyl/N-ethyl adjacent to an activating group) is 1. The van der Waals surface area contributed by atoms with E-state index in [0.29, 0.717) is 17.5 Å². The van der Waals surface area contributed by atoms with Crippen LogP contribution in [-0.2, 0) is 20.2 Å². The van der Waals surface area contributed by atoms with E-state index in [4.69, 9.17) is 4.74 Å². The maximum atomic E-state index is 13.2. The van der Waals surface area contributed by atoms with E-state index in [-0.39, 0.29) is 24.1 Å². The Morgan fingerprint density at radius 3 is 2.58 bits per heavy atom. The molecule has 5 rings (SSSR count). The monoisotopic (exact) mass is 545 g/mol. The van der Waals surface area contributed by atoms with Gasteiger partial charge in [0.15, 0.2) is 0 Å². The lowest BCUT2D eigenvalue weighted by Gasteiger charge is -2.37. The van der Waals surface area contributed by atoms with E-state index in [1.54, 1.807) is 24.2 Å². The molecule has 0 radical (unpaired) electrons. The van der Waals surface area contributed by atoms with Gasteiger partial charge in [-0.25, -0.2) is 13.4 Å². The second kappa shape index (κ2) is 9.73. The third-order valence-corrected chi connectivity index (χ3v) is 8.24. The minimum absolute atomic E-state index is 0.0691. The number of fused-ring (bicyclic) bond motifs is 4. The Morgan fingerprint density at radius 2 is 1.92 bits per heavy atom. The van der Waals surface area contributed by atoms with E-state index in [2.05, 4.69) is 9.97 Å². The highest BCUT2D eigenvalue weighted by molar-refractivity contribution is 7.93. The van der Waals surface area contributed by atoms with Crippen LogP contribution in [0.1, 0.15) is 31.2 Å². The summed E-state index contributed by atoms with van der Waals surface area (Å²) in [6.45, 7) is 0.955. The van der Waals surface area contributed by atoms with E-state index >= 15 is 0 Å². The number of hydrogen-bond acceptors (Lipinski definition) is 7. The smallest absolute Gasteiger partial charge is 0.355 e. The lowest BCUT2D eigenvalue weighted by Crippen LogP contribution is -2.43. The molecule has 1 aliphatic carbocycles. The molecule has 2 aliphatic rings. The molecule has 12 heteroatoms. The summed E-state index contributed by atoms with van der Waals surface area (Å²) in [5.74, 6) is -3.63. The summed E-state index contributed by atoms with van der Waals surface area (Å²) in [7, 11) is 0.625. The number of amides is 1. The molecule has 1 spiro atoms. The fourth-order valence-corrected chi connectivity index (χ4v) is 5.74. The number of nitrogens with zero attached hydrogens (tertiary/aromatic N) is 4. The average Bonchev–Trinajstić information content (AvgIpc) is 3.09. The van der Waals surface area contributed by atoms with Gasteiger partial charge in [0.1, 0.15) is 5.69 Å². The molecule has 38 heavy (non-hydrogen) atoms. The Kier molecular flexibility index (Phi) is 6.72. The van der Waals surface area contributed by atoms with E-state index in [0.717, 1.165) is 48.0 Å². The van der Waals surface area contributed by atoms with Crippen molar-refractivity contribution in [3.05, 3.63) is 42.2 Å². The number of alkyl halides is 2. The van der Waals surface area contributed by atoms with Crippen LogP contribution in [0.4, 0.5) is 20.2 Å². The lowest BCUT2D eigenvalue weighted by molar-refractivity contribution is -0.125. The van der Waals surface area contributed by atoms with Crippen LogP contribution >= 0.6 is 0 Å². The lowest BCUT2D eigenvalue weighted by atomic mass is 9.64. The first kappa shape index (κ1) is 26.2. The highest BCUT2D eigenvalue weighted by Crippen LogP contribution is 2.55. The molecule has 0 saturated heterocycles. The van der Waals surface area contributed by atoms with E-state index in [9.17, 15) is 22.0 Å². The van der Waals surface area contributed by atoms with Crippen molar-refractivity contribution in [2.45, 2.75) is 36.9 Å². The van der Waals surface area contributed by atoms with Gasteiger partial charge in [0, 0.05) is 36.3 Å². The summed E-state index contributed by atoms with van der Waals surface area (Å²) < 4.78 is 57.9. The van der Waals surface area contributed by atoms with Gasteiger partial charge < -0.3 is 14.5 Å². The standard InChI is InChI=1S/C26H29F2N5O4S/c1-32(2)10-5-11-37-23-20(31-38(35,36)25(27)28)13-17(14-30-23)16-6-7-19-18(12-16)22-21(15-29-19)33(3)24(34)26(22)8-4-9-26/h6-7,12-15,25,31H,4-5,8-11H2,1-3H3. The first-order chi connectivity index (χ1) is 18.0. The minimum atomic E-state index is -4.95. The van der Waals surface area contributed by atoms with Crippen LogP contribution in [0.15, 0.2) is 36.7 Å². The van der Waals surface area contributed by atoms with E-state index < -0.39 is 21.2 Å². The molecule has 3 aromatic rings. The Morgan fingerprint density at radius 1 is 1.16 bits per heavy atom. The topological polar surface area (TPSA) is 105 Å². The molecule has 1 fully saturated rings. The van der Waals surface area contributed by atoms with Crippen LogP contribution < -0.4 is 14.4 Å². The second-order valence-electron chi connectivity index (χ2n) is 10.0. The van der Waals surface area contributed by atoms with Crippen molar-refractivity contribution < 1.29 is 26.7 Å². The van der Waals surface area contributed by atoms with Crippen LogP contribution in [-0.4, -0.2) is 69.2 Å². The fraction of sp³-hybridized carbons (Fsp3) is 0.423. The van der Waals surface area contributed by atoms with Gasteiger partial charge in [-0.2, -0.15) is 8.78 Å². The van der Waals surface area contributed by atoms with Gasteiger partial charge in [-0.3, -0.25) is 14.5 Å². The number of rotatable bonds is 9. The zero-order valence-electron chi connectivity index (χ0n) is 21.4. The van der Waals surface area contributed by atoms with Gasteiger partial charge in [-0.05, 0) is 57.1 Å². The van der Waals surface area contributed by atoms with Crippen LogP contribution in [0.2, 0.25) is 0 Å². The molecule has 1 amide bonds. The van der Waals surface area contributed by atoms with E-state index in [1.807, 2.05) is 35.9 Å². The number of sulfonamides is 1. The summed E-state index contributed by atoms with van der Waals surface area (Å²) in [6.07, 6.45) is 6.38. The quantitative estimate of drug-likeness (QED) is 0.406. The third kappa shape index (κ3) is 4.45. The summed E-state index contributed by atoms with van der Waals surface area (Å²) >= 11 is 0. The predicted octanol–water partition coefficient (Wildman–Crippen LogP) is 3.99. The first-order valence-electron chi connectivity index (χ1n) is 12.3. The number of anilines is 2. The Labute approximate surface area is 219 Å². The van der Waals surface area contributed by atoms with E-state index in [1.165, 1.54) is 12.3 Å². The van der Waals surface area contributed by atoms with Crippen LogP contribution in [0.25, 0.3) is 22.0 Å².